The first-order valence-corrected chi connectivity index (χ1v) is 10.4. The number of aromatic nitrogens is 3. The zero-order valence-electron chi connectivity index (χ0n) is 15.0. The third kappa shape index (κ3) is 4.07. The molecule has 0 spiro atoms. The minimum atomic E-state index is -0.755. The number of pyridine rings is 1. The molecular formula is C20H19FN4O2S. The molecule has 8 heteroatoms. The molecule has 3 heterocycles. The van der Waals surface area contributed by atoms with Crippen molar-refractivity contribution < 1.29 is 13.7 Å². The molecule has 0 radical (unpaired) electrons. The average molecular weight is 398 g/mol. The van der Waals surface area contributed by atoms with E-state index in [0.29, 0.717) is 39.8 Å². The number of rotatable bonds is 4. The highest BCUT2D eigenvalue weighted by Crippen LogP contribution is 2.32. The molecule has 0 unspecified atom stereocenters. The number of benzene rings is 1. The highest BCUT2D eigenvalue weighted by Gasteiger charge is 2.24. The molecule has 4 rings (SSSR count). The summed E-state index contributed by atoms with van der Waals surface area (Å²) in [4.78, 5) is 12.4. The van der Waals surface area contributed by atoms with Crippen molar-refractivity contribution in [3.8, 4) is 28.3 Å². The molecular weight excluding hydrogens is 379 g/mol. The summed E-state index contributed by atoms with van der Waals surface area (Å²) in [7, 11) is 0. The summed E-state index contributed by atoms with van der Waals surface area (Å²) in [6.45, 7) is 0. The predicted molar refractivity (Wildman–Crippen MR) is 107 cm³/mol. The van der Waals surface area contributed by atoms with Gasteiger partial charge in [-0.05, 0) is 29.8 Å². The second-order valence-electron chi connectivity index (χ2n) is 6.54. The monoisotopic (exact) mass is 398 g/mol. The molecule has 1 aliphatic heterocycles. The van der Waals surface area contributed by atoms with Crippen LogP contribution in [0.3, 0.4) is 0 Å². The molecule has 0 amide bonds. The van der Waals surface area contributed by atoms with Crippen molar-refractivity contribution in [3.63, 3.8) is 0 Å². The Morgan fingerprint density at radius 1 is 1.07 bits per heavy atom. The van der Waals surface area contributed by atoms with E-state index in [-0.39, 0.29) is 11.9 Å². The molecule has 1 aliphatic rings. The van der Waals surface area contributed by atoms with Crippen molar-refractivity contribution in [3.05, 3.63) is 54.7 Å². The van der Waals surface area contributed by atoms with E-state index in [1.54, 1.807) is 24.4 Å². The quantitative estimate of drug-likeness (QED) is 0.678. The lowest BCUT2D eigenvalue weighted by molar-refractivity contribution is 0.183. The summed E-state index contributed by atoms with van der Waals surface area (Å²) in [5.41, 5.74) is 7.67. The van der Waals surface area contributed by atoms with Crippen molar-refractivity contribution in [1.29, 1.82) is 0 Å². The van der Waals surface area contributed by atoms with E-state index < -0.39 is 17.0 Å². The maximum atomic E-state index is 14.8. The van der Waals surface area contributed by atoms with Crippen LogP contribution in [0, 0.1) is 5.82 Å². The minimum Gasteiger partial charge on any atom is -0.616 e. The first-order chi connectivity index (χ1) is 13.6. The van der Waals surface area contributed by atoms with Gasteiger partial charge in [-0.1, -0.05) is 17.2 Å². The van der Waals surface area contributed by atoms with E-state index >= 15 is 0 Å². The summed E-state index contributed by atoms with van der Waals surface area (Å²) < 4.78 is 32.4. The number of halogens is 1. The van der Waals surface area contributed by atoms with Gasteiger partial charge in [0.25, 0.3) is 0 Å². The minimum absolute atomic E-state index is 0.0273. The van der Waals surface area contributed by atoms with E-state index in [1.807, 2.05) is 6.07 Å². The van der Waals surface area contributed by atoms with Gasteiger partial charge in [-0.2, -0.15) is 0 Å². The summed E-state index contributed by atoms with van der Waals surface area (Å²) in [5.74, 6) is 1.60. The van der Waals surface area contributed by atoms with E-state index in [2.05, 4.69) is 15.0 Å². The third-order valence-electron chi connectivity index (χ3n) is 4.61. The van der Waals surface area contributed by atoms with E-state index in [0.717, 1.165) is 12.8 Å². The second kappa shape index (κ2) is 8.12. The third-order valence-corrected chi connectivity index (χ3v) is 5.99. The van der Waals surface area contributed by atoms with Crippen LogP contribution < -0.4 is 10.5 Å². The van der Waals surface area contributed by atoms with Gasteiger partial charge in [0, 0.05) is 30.2 Å². The Hall–Kier alpha value is -2.71. The number of anilines is 1. The predicted octanol–water partition coefficient (Wildman–Crippen LogP) is 3.22. The fourth-order valence-corrected chi connectivity index (χ4v) is 4.38. The molecule has 1 saturated heterocycles. The fraction of sp³-hybridized carbons (Fsp3) is 0.250. The highest BCUT2D eigenvalue weighted by molar-refractivity contribution is 7.91. The first-order valence-electron chi connectivity index (χ1n) is 8.94. The second-order valence-corrected chi connectivity index (χ2v) is 8.24. The molecule has 0 bridgehead atoms. The molecule has 1 aromatic carbocycles. The van der Waals surface area contributed by atoms with Gasteiger partial charge in [-0.3, -0.25) is 4.98 Å². The van der Waals surface area contributed by atoms with Gasteiger partial charge < -0.3 is 15.0 Å². The molecule has 0 atom stereocenters. The van der Waals surface area contributed by atoms with Gasteiger partial charge in [0.1, 0.15) is 29.2 Å². The molecule has 1 fully saturated rings. The van der Waals surface area contributed by atoms with Crippen LogP contribution in [0.5, 0.6) is 5.88 Å². The lowest BCUT2D eigenvalue weighted by Gasteiger charge is -2.25. The Kier molecular flexibility index (Phi) is 5.40. The normalized spacial score (nSPS) is 19.4. The van der Waals surface area contributed by atoms with Crippen LogP contribution >= 0.6 is 0 Å². The van der Waals surface area contributed by atoms with Crippen molar-refractivity contribution in [1.82, 2.24) is 15.0 Å². The van der Waals surface area contributed by atoms with Crippen LogP contribution in [0.4, 0.5) is 10.2 Å². The summed E-state index contributed by atoms with van der Waals surface area (Å²) in [6.07, 6.45) is 5.92. The molecule has 2 aromatic heterocycles. The molecule has 144 valence electrons. The molecule has 28 heavy (non-hydrogen) atoms. The summed E-state index contributed by atoms with van der Waals surface area (Å²) in [5, 5.41) is 0. The van der Waals surface area contributed by atoms with Gasteiger partial charge in [0.05, 0.1) is 18.1 Å². The van der Waals surface area contributed by atoms with E-state index in [1.165, 1.54) is 18.5 Å². The Bertz CT molecular complexity index is 963. The maximum absolute atomic E-state index is 14.8. The van der Waals surface area contributed by atoms with Crippen molar-refractivity contribution in [2.75, 3.05) is 17.2 Å². The van der Waals surface area contributed by atoms with E-state index in [9.17, 15) is 8.94 Å². The lowest BCUT2D eigenvalue weighted by Crippen LogP contribution is -2.31. The SMILES string of the molecule is Nc1cnc(-c2ccc(-c3cccnc3OC3CC[S+]([O-])CC3)cc2F)cn1. The van der Waals surface area contributed by atoms with Crippen LogP contribution in [0.25, 0.3) is 22.4 Å². The van der Waals surface area contributed by atoms with Crippen LogP contribution in [0.1, 0.15) is 12.8 Å². The van der Waals surface area contributed by atoms with E-state index in [4.69, 9.17) is 10.5 Å². The standard InChI is InChI=1S/C20H19FN4O2S/c21-17-10-13(3-4-16(17)18-11-25-19(22)12-24-18)15-2-1-7-23-20(15)27-14-5-8-28(26)9-6-14/h1-4,7,10-12,14H,5-6,8-9H2,(H2,22,25). The molecule has 0 saturated carbocycles. The Balaban J connectivity index is 1.61. The van der Waals surface area contributed by atoms with Crippen LogP contribution in [-0.4, -0.2) is 37.1 Å². The van der Waals surface area contributed by atoms with Crippen LogP contribution in [0.2, 0.25) is 0 Å². The Morgan fingerprint density at radius 2 is 1.89 bits per heavy atom. The number of hydrogen-bond donors (Lipinski definition) is 1. The highest BCUT2D eigenvalue weighted by atomic mass is 32.2. The van der Waals surface area contributed by atoms with Gasteiger partial charge in [0.15, 0.2) is 0 Å². The zero-order valence-corrected chi connectivity index (χ0v) is 15.9. The first kappa shape index (κ1) is 18.6. The molecule has 2 N–H and O–H groups in total. The topological polar surface area (TPSA) is 97.0 Å². The largest absolute Gasteiger partial charge is 0.616 e. The molecule has 3 aromatic rings. The van der Waals surface area contributed by atoms with Crippen molar-refractivity contribution in [2.24, 2.45) is 0 Å². The smallest absolute Gasteiger partial charge is 0.221 e. The van der Waals surface area contributed by atoms with Gasteiger partial charge >= 0.3 is 0 Å². The fourth-order valence-electron chi connectivity index (χ4n) is 3.12. The Labute approximate surface area is 165 Å². The molecule has 6 nitrogen and oxygen atoms in total. The number of hydrogen-bond acceptors (Lipinski definition) is 6. The summed E-state index contributed by atoms with van der Waals surface area (Å²) in [6, 6.07) is 8.53. The van der Waals surface area contributed by atoms with Crippen LogP contribution in [0.15, 0.2) is 48.9 Å². The zero-order chi connectivity index (χ0) is 19.5. The maximum Gasteiger partial charge on any atom is 0.221 e. The lowest BCUT2D eigenvalue weighted by atomic mass is 10.0. The number of nitrogens with zero attached hydrogens (tertiary/aromatic N) is 3. The van der Waals surface area contributed by atoms with Crippen molar-refractivity contribution in [2.45, 2.75) is 18.9 Å². The number of ether oxygens (including phenoxy) is 1. The molecule has 0 aliphatic carbocycles. The number of nitrogens with two attached hydrogens (primary N) is 1. The van der Waals surface area contributed by atoms with Gasteiger partial charge in [0.2, 0.25) is 5.88 Å². The van der Waals surface area contributed by atoms with Gasteiger partial charge in [-0.15, -0.1) is 0 Å². The van der Waals surface area contributed by atoms with Crippen LogP contribution in [-0.2, 0) is 11.2 Å². The van der Waals surface area contributed by atoms with Gasteiger partial charge in [-0.25, -0.2) is 14.4 Å². The summed E-state index contributed by atoms with van der Waals surface area (Å²) >= 11 is -0.755. The average Bonchev–Trinajstić information content (AvgIpc) is 2.71. The number of nitrogen functional groups attached to an aromatic ring is 1. The van der Waals surface area contributed by atoms with Crippen molar-refractivity contribution >= 4 is 17.0 Å². The Morgan fingerprint density at radius 3 is 2.61 bits per heavy atom.